The summed E-state index contributed by atoms with van der Waals surface area (Å²) in [5, 5.41) is 3.65. The van der Waals surface area contributed by atoms with E-state index in [1.165, 1.54) is 27.5 Å². The lowest BCUT2D eigenvalue weighted by molar-refractivity contribution is 0.354. The molecule has 5 heteroatoms. The number of pyridine rings is 1. The Morgan fingerprint density at radius 3 is 2.06 bits per heavy atom. The van der Waals surface area contributed by atoms with Gasteiger partial charge in [-0.1, -0.05) is 24.3 Å². The molecule has 172 valence electrons. The number of hydrogen-bond donors (Lipinski definition) is 0. The molecule has 0 N–H and O–H groups in total. The zero-order valence-electron chi connectivity index (χ0n) is 20.8. The summed E-state index contributed by atoms with van der Waals surface area (Å²) in [5.74, 6) is 0.968. The highest BCUT2D eigenvalue weighted by Crippen LogP contribution is 2.38. The van der Waals surface area contributed by atoms with E-state index in [-0.39, 0.29) is 0 Å². The maximum atomic E-state index is 5.87. The first-order valence-electron chi connectivity index (χ1n) is 11.3. The molecule has 4 rings (SSSR count). The van der Waals surface area contributed by atoms with Gasteiger partial charge >= 0.3 is 0 Å². The maximum absolute atomic E-state index is 5.87. The molecule has 0 aliphatic carbocycles. The molecule has 1 aromatic heterocycles. The Labute approximate surface area is 197 Å². The molecule has 5 nitrogen and oxygen atoms in total. The summed E-state index contributed by atoms with van der Waals surface area (Å²) in [7, 11) is 12.3. The van der Waals surface area contributed by atoms with E-state index in [4.69, 9.17) is 9.72 Å². The lowest BCUT2D eigenvalue weighted by Gasteiger charge is -2.26. The summed E-state index contributed by atoms with van der Waals surface area (Å²) in [6.07, 6.45) is 1.92. The van der Waals surface area contributed by atoms with Crippen molar-refractivity contribution in [2.24, 2.45) is 0 Å². The number of aromatic nitrogens is 1. The van der Waals surface area contributed by atoms with Gasteiger partial charge in [0.2, 0.25) is 0 Å². The number of methoxy groups -OCH3 is 1. The van der Waals surface area contributed by atoms with Gasteiger partial charge in [-0.15, -0.1) is 0 Å². The van der Waals surface area contributed by atoms with Crippen molar-refractivity contribution in [1.29, 1.82) is 0 Å². The molecule has 33 heavy (non-hydrogen) atoms. The number of hydrogen-bond acceptors (Lipinski definition) is 5. The van der Waals surface area contributed by atoms with E-state index in [9.17, 15) is 0 Å². The van der Waals surface area contributed by atoms with Gasteiger partial charge in [-0.2, -0.15) is 0 Å². The van der Waals surface area contributed by atoms with Gasteiger partial charge in [-0.25, -0.2) is 0 Å². The molecule has 0 aliphatic heterocycles. The molecule has 0 spiro atoms. The van der Waals surface area contributed by atoms with Crippen LogP contribution in [-0.4, -0.2) is 57.1 Å². The molecular weight excluding hydrogens is 408 g/mol. The normalized spacial score (nSPS) is 11.7. The molecule has 0 fully saturated rings. The molecule has 3 aromatic carbocycles. The quantitative estimate of drug-likeness (QED) is 0.348. The van der Waals surface area contributed by atoms with Crippen LogP contribution < -0.4 is 9.64 Å². The number of rotatable bonds is 7. The fraction of sp³-hybridized carbons (Fsp3) is 0.321. The minimum Gasteiger partial charge on any atom is -0.496 e. The number of benzene rings is 3. The van der Waals surface area contributed by atoms with Crippen LogP contribution in [0.5, 0.6) is 5.75 Å². The van der Waals surface area contributed by atoms with Crippen LogP contribution in [0.25, 0.3) is 21.7 Å². The first-order chi connectivity index (χ1) is 15.8. The molecule has 0 bridgehead atoms. The fourth-order valence-electron chi connectivity index (χ4n) is 4.69. The molecule has 4 aromatic rings. The van der Waals surface area contributed by atoms with Crippen LogP contribution in [0.15, 0.2) is 54.7 Å². The van der Waals surface area contributed by atoms with Crippen molar-refractivity contribution in [3.8, 4) is 5.75 Å². The highest BCUT2D eigenvalue weighted by atomic mass is 16.5. The average molecular weight is 443 g/mol. The number of fused-ring (bicyclic) bond motifs is 2. The smallest absolute Gasteiger partial charge is 0.128 e. The Hall–Kier alpha value is -3.15. The van der Waals surface area contributed by atoms with Crippen molar-refractivity contribution in [2.45, 2.75) is 20.0 Å². The molecule has 0 aliphatic rings. The number of nitrogens with zero attached hydrogens (tertiary/aromatic N) is 4. The molecular formula is C28H34N4O. The Kier molecular flexibility index (Phi) is 6.54. The van der Waals surface area contributed by atoms with E-state index in [2.05, 4.69) is 105 Å². The van der Waals surface area contributed by atoms with Gasteiger partial charge in [0, 0.05) is 48.5 Å². The van der Waals surface area contributed by atoms with Gasteiger partial charge < -0.3 is 19.4 Å². The number of anilines is 2. The van der Waals surface area contributed by atoms with Gasteiger partial charge in [0.05, 0.1) is 18.3 Å². The van der Waals surface area contributed by atoms with Crippen LogP contribution in [0.3, 0.4) is 0 Å². The first-order valence-corrected chi connectivity index (χ1v) is 11.3. The van der Waals surface area contributed by atoms with E-state index in [0.29, 0.717) is 0 Å². The van der Waals surface area contributed by atoms with Gasteiger partial charge in [0.25, 0.3) is 0 Å². The van der Waals surface area contributed by atoms with E-state index in [1.54, 1.807) is 7.11 Å². The van der Waals surface area contributed by atoms with Gasteiger partial charge in [-0.3, -0.25) is 4.98 Å². The second-order valence-electron chi connectivity index (χ2n) is 9.28. The van der Waals surface area contributed by atoms with Crippen molar-refractivity contribution in [2.75, 3.05) is 47.2 Å². The Bertz CT molecular complexity index is 1270. The second kappa shape index (κ2) is 9.38. The predicted octanol–water partition coefficient (Wildman–Crippen LogP) is 5.60. The third-order valence-electron chi connectivity index (χ3n) is 6.14. The molecule has 1 heterocycles. The zero-order valence-corrected chi connectivity index (χ0v) is 20.8. The summed E-state index contributed by atoms with van der Waals surface area (Å²) >= 11 is 0. The molecule has 0 radical (unpaired) electrons. The van der Waals surface area contributed by atoms with Gasteiger partial charge in [-0.05, 0) is 75.7 Å². The SMILES string of the molecule is COc1c(CN(C)C)cc(N(C)c2ccnc3c(C)c4ccccc4cc23)cc1CN(C)C. The van der Waals surface area contributed by atoms with Crippen molar-refractivity contribution in [1.82, 2.24) is 14.8 Å². The van der Waals surface area contributed by atoms with E-state index >= 15 is 0 Å². The van der Waals surface area contributed by atoms with Crippen LogP contribution in [0.1, 0.15) is 16.7 Å². The highest BCUT2D eigenvalue weighted by Gasteiger charge is 2.18. The van der Waals surface area contributed by atoms with Crippen LogP contribution in [0.4, 0.5) is 11.4 Å². The molecule has 0 saturated carbocycles. The van der Waals surface area contributed by atoms with Crippen LogP contribution in [-0.2, 0) is 13.1 Å². The first kappa shape index (κ1) is 23.0. The predicted molar refractivity (Wildman–Crippen MR) is 140 cm³/mol. The highest BCUT2D eigenvalue weighted by molar-refractivity contribution is 6.05. The fourth-order valence-corrected chi connectivity index (χ4v) is 4.69. The second-order valence-corrected chi connectivity index (χ2v) is 9.28. The van der Waals surface area contributed by atoms with Crippen molar-refractivity contribution in [3.63, 3.8) is 0 Å². The monoisotopic (exact) mass is 442 g/mol. The van der Waals surface area contributed by atoms with E-state index in [0.717, 1.165) is 41.1 Å². The molecule has 0 saturated heterocycles. The van der Waals surface area contributed by atoms with Crippen LogP contribution >= 0.6 is 0 Å². The minimum atomic E-state index is 0.812. The van der Waals surface area contributed by atoms with Crippen LogP contribution in [0.2, 0.25) is 0 Å². The van der Waals surface area contributed by atoms with E-state index in [1.807, 2.05) is 6.20 Å². The lowest BCUT2D eigenvalue weighted by atomic mass is 9.99. The van der Waals surface area contributed by atoms with E-state index < -0.39 is 0 Å². The summed E-state index contributed by atoms with van der Waals surface area (Å²) in [6.45, 7) is 3.79. The Morgan fingerprint density at radius 1 is 0.818 bits per heavy atom. The molecule has 0 amide bonds. The zero-order chi connectivity index (χ0) is 23.7. The largest absolute Gasteiger partial charge is 0.496 e. The average Bonchev–Trinajstić information content (AvgIpc) is 2.77. The summed E-state index contributed by atoms with van der Waals surface area (Å²) in [4.78, 5) is 11.4. The third kappa shape index (κ3) is 4.52. The van der Waals surface area contributed by atoms with Gasteiger partial charge in [0.1, 0.15) is 5.75 Å². The Morgan fingerprint density at radius 2 is 1.45 bits per heavy atom. The molecule has 0 unspecified atom stereocenters. The van der Waals surface area contributed by atoms with Crippen LogP contribution in [0, 0.1) is 6.92 Å². The van der Waals surface area contributed by atoms with Crippen molar-refractivity contribution >= 4 is 33.1 Å². The number of aryl methyl sites for hydroxylation is 1. The topological polar surface area (TPSA) is 31.8 Å². The lowest BCUT2D eigenvalue weighted by Crippen LogP contribution is -2.17. The van der Waals surface area contributed by atoms with Crippen molar-refractivity contribution < 1.29 is 4.74 Å². The summed E-state index contributed by atoms with van der Waals surface area (Å²) < 4.78 is 5.87. The summed E-state index contributed by atoms with van der Waals surface area (Å²) in [6, 6.07) is 17.4. The standard InChI is InChI=1S/C28H34N4O/c1-19-24-11-9-8-10-20(24)16-25-26(12-13-29-27(19)25)32(6)23-14-21(17-30(2)3)28(33-7)22(15-23)18-31(4)5/h8-16H,17-18H2,1-7H3. The maximum Gasteiger partial charge on any atom is 0.128 e. The Balaban J connectivity index is 1.90. The third-order valence-corrected chi connectivity index (χ3v) is 6.14. The summed E-state index contributed by atoms with van der Waals surface area (Å²) in [5.41, 5.74) is 6.92. The minimum absolute atomic E-state index is 0.812. The van der Waals surface area contributed by atoms with Crippen molar-refractivity contribution in [3.05, 3.63) is 71.4 Å². The molecule has 0 atom stereocenters. The van der Waals surface area contributed by atoms with Gasteiger partial charge in [0.15, 0.2) is 0 Å². The number of ether oxygens (including phenoxy) is 1.